The third-order valence-corrected chi connectivity index (χ3v) is 4.66. The van der Waals surface area contributed by atoms with E-state index >= 15 is 0 Å². The standard InChI is InChI=1S/C16H13BrIN3O3/c1-9(22)21-16(10-3-4-14(23-2)13(18)6-10)24-15(20-21)11-5-12(17)8-19-7-11/h3-8,16H,1-2H3/t16-/m0/s1. The fourth-order valence-electron chi connectivity index (χ4n) is 2.27. The Labute approximate surface area is 161 Å². The number of ether oxygens (including phenoxy) is 2. The summed E-state index contributed by atoms with van der Waals surface area (Å²) in [4.78, 5) is 16.1. The third kappa shape index (κ3) is 3.39. The Morgan fingerprint density at radius 2 is 2.17 bits per heavy atom. The number of methoxy groups -OCH3 is 1. The first-order valence-electron chi connectivity index (χ1n) is 6.99. The topological polar surface area (TPSA) is 64.0 Å². The van der Waals surface area contributed by atoms with Gasteiger partial charge in [0.1, 0.15) is 5.75 Å². The highest BCUT2D eigenvalue weighted by Gasteiger charge is 2.33. The molecule has 0 N–H and O–H groups in total. The van der Waals surface area contributed by atoms with E-state index in [1.807, 2.05) is 24.3 Å². The second kappa shape index (κ2) is 7.06. The van der Waals surface area contributed by atoms with Crippen molar-refractivity contribution in [2.45, 2.75) is 13.2 Å². The van der Waals surface area contributed by atoms with Gasteiger partial charge in [-0.15, -0.1) is 5.10 Å². The molecule has 24 heavy (non-hydrogen) atoms. The van der Waals surface area contributed by atoms with Crippen LogP contribution in [0.25, 0.3) is 0 Å². The molecule has 1 atom stereocenters. The van der Waals surface area contributed by atoms with Crippen molar-refractivity contribution in [1.82, 2.24) is 9.99 Å². The van der Waals surface area contributed by atoms with Gasteiger partial charge in [-0.1, -0.05) is 0 Å². The van der Waals surface area contributed by atoms with Crippen LogP contribution in [-0.2, 0) is 9.53 Å². The van der Waals surface area contributed by atoms with Crippen molar-refractivity contribution in [2.24, 2.45) is 5.10 Å². The van der Waals surface area contributed by atoms with Gasteiger partial charge in [0.25, 0.3) is 0 Å². The number of carbonyl (C=O) groups is 1. The molecule has 0 unspecified atom stereocenters. The van der Waals surface area contributed by atoms with Gasteiger partial charge in [-0.2, -0.15) is 5.01 Å². The van der Waals surface area contributed by atoms with E-state index in [1.54, 1.807) is 19.5 Å². The molecule has 1 aromatic carbocycles. The number of carbonyl (C=O) groups excluding carboxylic acids is 1. The molecule has 3 rings (SSSR count). The van der Waals surface area contributed by atoms with Gasteiger partial charge in [0, 0.05) is 29.4 Å². The maximum atomic E-state index is 12.0. The molecule has 6 nitrogen and oxygen atoms in total. The second-order valence-corrected chi connectivity index (χ2v) is 7.10. The Balaban J connectivity index is 1.95. The first kappa shape index (κ1) is 17.2. The molecule has 0 radical (unpaired) electrons. The van der Waals surface area contributed by atoms with Crippen molar-refractivity contribution >= 4 is 50.3 Å². The lowest BCUT2D eigenvalue weighted by Gasteiger charge is -2.20. The highest BCUT2D eigenvalue weighted by atomic mass is 127. The van der Waals surface area contributed by atoms with Crippen molar-refractivity contribution in [1.29, 1.82) is 0 Å². The number of rotatable bonds is 3. The van der Waals surface area contributed by atoms with Crippen LogP contribution in [0.15, 0.2) is 46.2 Å². The summed E-state index contributed by atoms with van der Waals surface area (Å²) >= 11 is 5.55. The number of amides is 1. The smallest absolute Gasteiger partial charge is 0.243 e. The van der Waals surface area contributed by atoms with Crippen LogP contribution in [0, 0.1) is 3.57 Å². The van der Waals surface area contributed by atoms with Gasteiger partial charge in [0.15, 0.2) is 0 Å². The molecule has 124 valence electrons. The van der Waals surface area contributed by atoms with Crippen LogP contribution >= 0.6 is 38.5 Å². The Hall–Kier alpha value is -1.68. The Bertz CT molecular complexity index is 828. The molecule has 1 aliphatic rings. The van der Waals surface area contributed by atoms with Crippen LogP contribution in [0.1, 0.15) is 24.3 Å². The van der Waals surface area contributed by atoms with Gasteiger partial charge < -0.3 is 9.47 Å². The molecular weight excluding hydrogens is 489 g/mol. The summed E-state index contributed by atoms with van der Waals surface area (Å²) in [6.07, 6.45) is 2.70. The summed E-state index contributed by atoms with van der Waals surface area (Å²) in [7, 11) is 1.62. The van der Waals surface area contributed by atoms with Crippen LogP contribution in [-0.4, -0.2) is 28.9 Å². The summed E-state index contributed by atoms with van der Waals surface area (Å²) in [6, 6.07) is 7.46. The second-order valence-electron chi connectivity index (χ2n) is 5.02. The molecule has 1 amide bonds. The summed E-state index contributed by atoms with van der Waals surface area (Å²) in [5.74, 6) is 0.919. The van der Waals surface area contributed by atoms with Crippen molar-refractivity contribution in [3.05, 3.63) is 55.8 Å². The van der Waals surface area contributed by atoms with Crippen LogP contribution in [0.3, 0.4) is 0 Å². The average Bonchev–Trinajstić information content (AvgIpc) is 3.00. The minimum Gasteiger partial charge on any atom is -0.496 e. The molecule has 0 saturated heterocycles. The lowest BCUT2D eigenvalue weighted by Crippen LogP contribution is -2.25. The highest BCUT2D eigenvalue weighted by molar-refractivity contribution is 14.1. The van der Waals surface area contributed by atoms with Crippen LogP contribution in [0.4, 0.5) is 0 Å². The van der Waals surface area contributed by atoms with E-state index in [2.05, 4.69) is 48.6 Å². The van der Waals surface area contributed by atoms with Gasteiger partial charge >= 0.3 is 0 Å². The predicted molar refractivity (Wildman–Crippen MR) is 101 cm³/mol. The maximum absolute atomic E-state index is 12.0. The Morgan fingerprint density at radius 3 is 2.79 bits per heavy atom. The van der Waals surface area contributed by atoms with E-state index in [1.165, 1.54) is 11.9 Å². The van der Waals surface area contributed by atoms with Gasteiger partial charge in [0.05, 0.1) is 16.2 Å². The number of aromatic nitrogens is 1. The molecule has 2 aromatic rings. The molecule has 0 fully saturated rings. The Morgan fingerprint density at radius 1 is 1.38 bits per heavy atom. The third-order valence-electron chi connectivity index (χ3n) is 3.38. The van der Waals surface area contributed by atoms with Crippen LogP contribution < -0.4 is 4.74 Å². The van der Waals surface area contributed by atoms with Crippen molar-refractivity contribution < 1.29 is 14.3 Å². The monoisotopic (exact) mass is 501 g/mol. The zero-order chi connectivity index (χ0) is 17.3. The number of hydrogen-bond acceptors (Lipinski definition) is 5. The summed E-state index contributed by atoms with van der Waals surface area (Å²) in [5.41, 5.74) is 1.51. The van der Waals surface area contributed by atoms with E-state index in [0.29, 0.717) is 11.5 Å². The number of hydrogen-bond donors (Lipinski definition) is 0. The van der Waals surface area contributed by atoms with Gasteiger partial charge in [0.2, 0.25) is 18.0 Å². The highest BCUT2D eigenvalue weighted by Crippen LogP contribution is 2.33. The number of benzene rings is 1. The van der Waals surface area contributed by atoms with Crippen LogP contribution in [0.2, 0.25) is 0 Å². The molecule has 1 aliphatic heterocycles. The average molecular weight is 502 g/mol. The van der Waals surface area contributed by atoms with E-state index in [4.69, 9.17) is 9.47 Å². The summed E-state index contributed by atoms with van der Waals surface area (Å²) in [5, 5.41) is 5.64. The van der Waals surface area contributed by atoms with Crippen molar-refractivity contribution in [2.75, 3.05) is 7.11 Å². The van der Waals surface area contributed by atoms with E-state index < -0.39 is 6.23 Å². The van der Waals surface area contributed by atoms with E-state index in [9.17, 15) is 4.79 Å². The number of halogens is 2. The number of nitrogens with zero attached hydrogens (tertiary/aromatic N) is 3. The molecule has 0 spiro atoms. The van der Waals surface area contributed by atoms with E-state index in [-0.39, 0.29) is 5.91 Å². The molecule has 0 saturated carbocycles. The lowest BCUT2D eigenvalue weighted by molar-refractivity contribution is -0.135. The molecule has 2 heterocycles. The lowest BCUT2D eigenvalue weighted by atomic mass is 10.2. The number of hydrazone groups is 1. The summed E-state index contributed by atoms with van der Waals surface area (Å²) < 4.78 is 12.9. The van der Waals surface area contributed by atoms with Crippen molar-refractivity contribution in [3.8, 4) is 5.75 Å². The Kier molecular flexibility index (Phi) is 5.04. The molecule has 0 bridgehead atoms. The zero-order valence-corrected chi connectivity index (χ0v) is 16.6. The van der Waals surface area contributed by atoms with Gasteiger partial charge in [-0.3, -0.25) is 9.78 Å². The molecule has 0 aliphatic carbocycles. The quantitative estimate of drug-likeness (QED) is 0.601. The largest absolute Gasteiger partial charge is 0.496 e. The fourth-order valence-corrected chi connectivity index (χ4v) is 3.39. The first-order chi connectivity index (χ1) is 11.5. The predicted octanol–water partition coefficient (Wildman–Crippen LogP) is 3.70. The minimum atomic E-state index is -0.615. The molecule has 8 heteroatoms. The molecular formula is C16H13BrIN3O3. The maximum Gasteiger partial charge on any atom is 0.243 e. The minimum absolute atomic E-state index is 0.205. The van der Waals surface area contributed by atoms with Crippen LogP contribution in [0.5, 0.6) is 5.75 Å². The fraction of sp³-hybridized carbons (Fsp3) is 0.188. The normalized spacial score (nSPS) is 16.6. The number of pyridine rings is 1. The van der Waals surface area contributed by atoms with Gasteiger partial charge in [-0.25, -0.2) is 0 Å². The first-order valence-corrected chi connectivity index (χ1v) is 8.86. The summed E-state index contributed by atoms with van der Waals surface area (Å²) in [6.45, 7) is 1.45. The zero-order valence-electron chi connectivity index (χ0n) is 12.9. The SMILES string of the molecule is COc1ccc([C@@H]2OC(c3cncc(Br)c3)=NN2C(C)=O)cc1I. The van der Waals surface area contributed by atoms with Gasteiger partial charge in [-0.05, 0) is 62.8 Å². The molecule has 1 aromatic heterocycles. The van der Waals surface area contributed by atoms with E-state index in [0.717, 1.165) is 19.4 Å². The van der Waals surface area contributed by atoms with Crippen molar-refractivity contribution in [3.63, 3.8) is 0 Å².